The van der Waals surface area contributed by atoms with Gasteiger partial charge in [0, 0.05) is 38.3 Å². The Balaban J connectivity index is 1.82. The number of hydrogen-bond acceptors (Lipinski definition) is 3. The second-order valence-corrected chi connectivity index (χ2v) is 6.10. The molecule has 1 saturated heterocycles. The zero-order valence-corrected chi connectivity index (χ0v) is 14.5. The summed E-state index contributed by atoms with van der Waals surface area (Å²) in [5, 5.41) is 15.3. The molecule has 1 fully saturated rings. The summed E-state index contributed by atoms with van der Waals surface area (Å²) in [5.74, 6) is 0.317. The van der Waals surface area contributed by atoms with Crippen molar-refractivity contribution in [1.29, 1.82) is 5.26 Å². The molecule has 2 N–H and O–H groups in total. The Morgan fingerprint density at radius 2 is 2.17 bits per heavy atom. The fourth-order valence-electron chi connectivity index (χ4n) is 2.94. The molecular formula is C18H26FN5. The van der Waals surface area contributed by atoms with Crippen LogP contribution in [0.5, 0.6) is 0 Å². The first-order chi connectivity index (χ1) is 11.7. The van der Waals surface area contributed by atoms with E-state index in [0.717, 1.165) is 32.5 Å². The number of nitrogens with zero attached hydrogens (tertiary/aromatic N) is 3. The Kier molecular flexibility index (Phi) is 7.01. The molecule has 5 nitrogen and oxygen atoms in total. The minimum atomic E-state index is -0.370. The molecule has 130 valence electrons. The Morgan fingerprint density at radius 1 is 1.42 bits per heavy atom. The van der Waals surface area contributed by atoms with Crippen molar-refractivity contribution < 1.29 is 4.39 Å². The van der Waals surface area contributed by atoms with Gasteiger partial charge in [-0.2, -0.15) is 5.26 Å². The summed E-state index contributed by atoms with van der Waals surface area (Å²) in [6.45, 7) is 5.92. The molecule has 0 aliphatic carbocycles. The van der Waals surface area contributed by atoms with Crippen LogP contribution >= 0.6 is 0 Å². The number of aliphatic imine (C=N–C) groups is 1. The predicted octanol–water partition coefficient (Wildman–Crippen LogP) is 2.24. The molecule has 1 aliphatic heterocycles. The van der Waals surface area contributed by atoms with Gasteiger partial charge in [-0.15, -0.1) is 0 Å². The molecule has 1 aromatic rings. The van der Waals surface area contributed by atoms with E-state index in [1.807, 2.05) is 6.07 Å². The molecule has 0 atom stereocenters. The number of piperidine rings is 1. The largest absolute Gasteiger partial charge is 0.354 e. The molecule has 6 heteroatoms. The lowest BCUT2D eigenvalue weighted by molar-refractivity contribution is 0.206. The standard InChI is InChI=1S/C18H26FN5/c1-3-8-24-9-6-16(7-10-24)23-18(21-2)22-13-15-5-4-14(12-20)11-17(15)19/h4-5,11,16H,3,6-10,13H2,1-2H3,(H2,21,22,23). The van der Waals surface area contributed by atoms with E-state index in [4.69, 9.17) is 5.26 Å². The number of rotatable bonds is 5. The third-order valence-electron chi connectivity index (χ3n) is 4.32. The van der Waals surface area contributed by atoms with E-state index >= 15 is 0 Å². The number of halogens is 1. The van der Waals surface area contributed by atoms with Crippen molar-refractivity contribution in [1.82, 2.24) is 15.5 Å². The molecule has 1 aromatic carbocycles. The van der Waals surface area contributed by atoms with E-state index in [2.05, 4.69) is 27.4 Å². The minimum absolute atomic E-state index is 0.331. The molecular weight excluding hydrogens is 305 g/mol. The van der Waals surface area contributed by atoms with Gasteiger partial charge in [0.2, 0.25) is 0 Å². The van der Waals surface area contributed by atoms with Gasteiger partial charge in [-0.1, -0.05) is 13.0 Å². The van der Waals surface area contributed by atoms with Crippen LogP contribution in [-0.4, -0.2) is 43.6 Å². The van der Waals surface area contributed by atoms with E-state index in [-0.39, 0.29) is 5.82 Å². The van der Waals surface area contributed by atoms with Crippen LogP contribution in [0, 0.1) is 17.1 Å². The van der Waals surface area contributed by atoms with E-state index < -0.39 is 0 Å². The Bertz CT molecular complexity index is 600. The first kappa shape index (κ1) is 18.2. The molecule has 0 saturated carbocycles. The lowest BCUT2D eigenvalue weighted by atomic mass is 10.1. The highest BCUT2D eigenvalue weighted by Crippen LogP contribution is 2.11. The average molecular weight is 331 g/mol. The summed E-state index contributed by atoms with van der Waals surface area (Å²) in [5.41, 5.74) is 0.854. The predicted molar refractivity (Wildman–Crippen MR) is 94.2 cm³/mol. The van der Waals surface area contributed by atoms with Crippen LogP contribution in [0.15, 0.2) is 23.2 Å². The third-order valence-corrected chi connectivity index (χ3v) is 4.32. The lowest BCUT2D eigenvalue weighted by Gasteiger charge is -2.32. The third kappa shape index (κ3) is 5.20. The molecule has 0 spiro atoms. The lowest BCUT2D eigenvalue weighted by Crippen LogP contribution is -2.48. The number of benzene rings is 1. The second kappa shape index (κ2) is 9.24. The maximum atomic E-state index is 13.9. The van der Waals surface area contributed by atoms with E-state index in [9.17, 15) is 4.39 Å². The molecule has 0 amide bonds. The van der Waals surface area contributed by atoms with Gasteiger partial charge in [-0.05, 0) is 37.9 Å². The molecule has 0 radical (unpaired) electrons. The topological polar surface area (TPSA) is 63.4 Å². The fourth-order valence-corrected chi connectivity index (χ4v) is 2.94. The van der Waals surface area contributed by atoms with E-state index in [1.165, 1.54) is 12.5 Å². The van der Waals surface area contributed by atoms with Gasteiger partial charge in [0.1, 0.15) is 5.82 Å². The Labute approximate surface area is 143 Å². The van der Waals surface area contributed by atoms with Crippen LogP contribution in [-0.2, 0) is 6.54 Å². The van der Waals surface area contributed by atoms with Gasteiger partial charge < -0.3 is 15.5 Å². The van der Waals surface area contributed by atoms with Crippen LogP contribution in [0.25, 0.3) is 0 Å². The minimum Gasteiger partial charge on any atom is -0.354 e. The molecule has 0 bridgehead atoms. The van der Waals surface area contributed by atoms with Gasteiger partial charge in [-0.25, -0.2) is 4.39 Å². The van der Waals surface area contributed by atoms with Crippen LogP contribution < -0.4 is 10.6 Å². The molecule has 0 aromatic heterocycles. The highest BCUT2D eigenvalue weighted by atomic mass is 19.1. The summed E-state index contributed by atoms with van der Waals surface area (Å²) in [6.07, 6.45) is 3.37. The van der Waals surface area contributed by atoms with Gasteiger partial charge >= 0.3 is 0 Å². The quantitative estimate of drug-likeness (QED) is 0.641. The molecule has 24 heavy (non-hydrogen) atoms. The second-order valence-electron chi connectivity index (χ2n) is 6.10. The van der Waals surface area contributed by atoms with Crippen LogP contribution in [0.4, 0.5) is 4.39 Å². The number of hydrogen-bond donors (Lipinski definition) is 2. The number of guanidine groups is 1. The Hall–Kier alpha value is -2.13. The van der Waals surface area contributed by atoms with E-state index in [0.29, 0.717) is 29.7 Å². The zero-order valence-electron chi connectivity index (χ0n) is 14.5. The Morgan fingerprint density at radius 3 is 2.75 bits per heavy atom. The average Bonchev–Trinajstić information content (AvgIpc) is 2.61. The van der Waals surface area contributed by atoms with Gasteiger partial charge in [0.15, 0.2) is 5.96 Å². The monoisotopic (exact) mass is 331 g/mol. The highest BCUT2D eigenvalue weighted by molar-refractivity contribution is 5.79. The number of nitrogens with one attached hydrogen (secondary N) is 2. The maximum Gasteiger partial charge on any atom is 0.191 e. The normalized spacial score (nSPS) is 16.7. The summed E-state index contributed by atoms with van der Waals surface area (Å²) >= 11 is 0. The van der Waals surface area contributed by atoms with Crippen molar-refractivity contribution in [3.8, 4) is 6.07 Å². The number of nitriles is 1. The smallest absolute Gasteiger partial charge is 0.191 e. The molecule has 2 rings (SSSR count). The van der Waals surface area contributed by atoms with Gasteiger partial charge in [-0.3, -0.25) is 4.99 Å². The SMILES string of the molecule is CCCN1CCC(NC(=NC)NCc2ccc(C#N)cc2F)CC1. The van der Waals surface area contributed by atoms with Crippen LogP contribution in [0.2, 0.25) is 0 Å². The highest BCUT2D eigenvalue weighted by Gasteiger charge is 2.19. The van der Waals surface area contributed by atoms with Gasteiger partial charge in [0.05, 0.1) is 11.6 Å². The zero-order chi connectivity index (χ0) is 17.4. The van der Waals surface area contributed by atoms with Crippen LogP contribution in [0.1, 0.15) is 37.3 Å². The first-order valence-electron chi connectivity index (χ1n) is 8.54. The van der Waals surface area contributed by atoms with Crippen molar-refractivity contribution >= 4 is 5.96 Å². The van der Waals surface area contributed by atoms with Crippen LogP contribution in [0.3, 0.4) is 0 Å². The first-order valence-corrected chi connectivity index (χ1v) is 8.54. The van der Waals surface area contributed by atoms with Gasteiger partial charge in [0.25, 0.3) is 0 Å². The molecule has 1 aliphatic rings. The fraction of sp³-hybridized carbons (Fsp3) is 0.556. The maximum absolute atomic E-state index is 13.9. The summed E-state index contributed by atoms with van der Waals surface area (Å²) in [6, 6.07) is 6.86. The number of likely N-dealkylation sites (tertiary alicyclic amines) is 1. The summed E-state index contributed by atoms with van der Waals surface area (Å²) in [4.78, 5) is 6.71. The van der Waals surface area contributed by atoms with Crippen molar-refractivity contribution in [3.63, 3.8) is 0 Å². The van der Waals surface area contributed by atoms with Crippen molar-refractivity contribution in [3.05, 3.63) is 35.1 Å². The molecule has 1 heterocycles. The van der Waals surface area contributed by atoms with Crippen molar-refractivity contribution in [2.24, 2.45) is 4.99 Å². The summed E-state index contributed by atoms with van der Waals surface area (Å²) in [7, 11) is 1.72. The molecule has 0 unspecified atom stereocenters. The summed E-state index contributed by atoms with van der Waals surface area (Å²) < 4.78 is 13.9. The van der Waals surface area contributed by atoms with E-state index in [1.54, 1.807) is 19.2 Å². The van der Waals surface area contributed by atoms with Crippen molar-refractivity contribution in [2.75, 3.05) is 26.7 Å². The van der Waals surface area contributed by atoms with Crippen molar-refractivity contribution in [2.45, 2.75) is 38.8 Å².